The van der Waals surface area contributed by atoms with Crippen LogP contribution in [0.1, 0.15) is 23.8 Å². The van der Waals surface area contributed by atoms with Crippen LogP contribution in [0.3, 0.4) is 0 Å². The van der Waals surface area contributed by atoms with Crippen molar-refractivity contribution >= 4 is 56.8 Å². The van der Waals surface area contributed by atoms with E-state index in [1.807, 2.05) is 65.2 Å². The number of ether oxygens (including phenoxy) is 1. The zero-order chi connectivity index (χ0) is 23.5. The number of amides is 1. The summed E-state index contributed by atoms with van der Waals surface area (Å²) in [6.45, 7) is 1.40. The molecule has 1 aliphatic heterocycles. The van der Waals surface area contributed by atoms with Gasteiger partial charge in [0, 0.05) is 53.5 Å². The molecule has 6 nitrogen and oxygen atoms in total. The van der Waals surface area contributed by atoms with Crippen LogP contribution in [0.25, 0.3) is 21.8 Å². The number of rotatable bonds is 7. The van der Waals surface area contributed by atoms with E-state index >= 15 is 0 Å². The zero-order valence-electron chi connectivity index (χ0n) is 18.8. The Morgan fingerprint density at radius 2 is 1.97 bits per heavy atom. The minimum absolute atomic E-state index is 0.0400. The van der Waals surface area contributed by atoms with Crippen LogP contribution in [0.4, 0.5) is 5.69 Å². The van der Waals surface area contributed by atoms with Gasteiger partial charge < -0.3 is 15.0 Å². The van der Waals surface area contributed by atoms with Crippen LogP contribution in [-0.4, -0.2) is 46.7 Å². The van der Waals surface area contributed by atoms with Gasteiger partial charge in [0.25, 0.3) is 0 Å². The molecule has 0 bridgehead atoms. The van der Waals surface area contributed by atoms with E-state index in [0.717, 1.165) is 51.0 Å². The van der Waals surface area contributed by atoms with Crippen LogP contribution in [-0.2, 0) is 4.79 Å². The number of pyridine rings is 2. The third-order valence-corrected chi connectivity index (χ3v) is 7.52. The summed E-state index contributed by atoms with van der Waals surface area (Å²) in [5.41, 5.74) is 3.84. The second-order valence-electron chi connectivity index (χ2n) is 8.15. The third kappa shape index (κ3) is 4.63. The number of carbonyl (C=O) groups is 1. The van der Waals surface area contributed by atoms with Gasteiger partial charge >= 0.3 is 0 Å². The molecule has 0 aliphatic carbocycles. The van der Waals surface area contributed by atoms with Crippen molar-refractivity contribution in [3.63, 3.8) is 0 Å². The minimum atomic E-state index is 0.0400. The Kier molecular flexibility index (Phi) is 6.74. The largest absolute Gasteiger partial charge is 0.497 e. The monoisotopic (exact) mass is 492 g/mol. The number of nitrogens with one attached hydrogen (secondary N) is 1. The molecule has 1 unspecified atom stereocenters. The highest BCUT2D eigenvalue weighted by Crippen LogP contribution is 2.37. The normalized spacial score (nSPS) is 16.2. The van der Waals surface area contributed by atoms with E-state index in [0.29, 0.717) is 24.5 Å². The molecule has 2 aromatic carbocycles. The van der Waals surface area contributed by atoms with Crippen LogP contribution in [0.15, 0.2) is 60.9 Å². The van der Waals surface area contributed by atoms with Gasteiger partial charge in [-0.15, -0.1) is 11.8 Å². The Morgan fingerprint density at radius 3 is 2.79 bits per heavy atom. The number of anilines is 1. The number of nitrogens with zero attached hydrogens (tertiary/aromatic N) is 3. The summed E-state index contributed by atoms with van der Waals surface area (Å²) in [7, 11) is 1.66. The lowest BCUT2D eigenvalue weighted by Crippen LogP contribution is -2.38. The predicted molar refractivity (Wildman–Crippen MR) is 140 cm³/mol. The SMILES string of the molecule is COc1ccc2nc3cc(Cl)ccc3c(NCCCN3C(=O)CCSC3c3ccncc3)c2c1. The number of hydrogen-bond acceptors (Lipinski definition) is 6. The summed E-state index contributed by atoms with van der Waals surface area (Å²) < 4.78 is 5.45. The maximum absolute atomic E-state index is 12.7. The first-order valence-electron chi connectivity index (χ1n) is 11.3. The van der Waals surface area contributed by atoms with Crippen molar-refractivity contribution in [2.24, 2.45) is 0 Å². The van der Waals surface area contributed by atoms with Crippen LogP contribution in [0.5, 0.6) is 5.75 Å². The first kappa shape index (κ1) is 22.7. The van der Waals surface area contributed by atoms with Crippen LogP contribution < -0.4 is 10.1 Å². The van der Waals surface area contributed by atoms with Gasteiger partial charge in [-0.3, -0.25) is 9.78 Å². The maximum atomic E-state index is 12.7. The van der Waals surface area contributed by atoms with E-state index in [1.54, 1.807) is 19.5 Å². The van der Waals surface area contributed by atoms with Gasteiger partial charge in [0.2, 0.25) is 5.91 Å². The van der Waals surface area contributed by atoms with Crippen molar-refractivity contribution in [1.82, 2.24) is 14.9 Å². The van der Waals surface area contributed by atoms with Gasteiger partial charge in [-0.05, 0) is 60.5 Å². The molecular formula is C26H25ClN4O2S. The van der Waals surface area contributed by atoms with E-state index in [9.17, 15) is 4.79 Å². The maximum Gasteiger partial charge on any atom is 0.224 e. The van der Waals surface area contributed by atoms with E-state index in [1.165, 1.54) is 0 Å². The topological polar surface area (TPSA) is 67.3 Å². The van der Waals surface area contributed by atoms with Crippen molar-refractivity contribution in [2.45, 2.75) is 18.2 Å². The van der Waals surface area contributed by atoms with Crippen LogP contribution in [0, 0.1) is 0 Å². The molecule has 4 aromatic rings. The second-order valence-corrected chi connectivity index (χ2v) is 9.78. The fourth-order valence-electron chi connectivity index (χ4n) is 4.35. The molecule has 1 N–H and O–H groups in total. The summed E-state index contributed by atoms with van der Waals surface area (Å²) in [5.74, 6) is 1.83. The number of carbonyl (C=O) groups excluding carboxylic acids is 1. The quantitative estimate of drug-likeness (QED) is 0.255. The molecule has 2 aromatic heterocycles. The molecule has 1 aliphatic rings. The van der Waals surface area contributed by atoms with Gasteiger partial charge in [0.05, 0.1) is 23.8 Å². The van der Waals surface area contributed by atoms with Crippen molar-refractivity contribution in [3.8, 4) is 5.75 Å². The molecule has 3 heterocycles. The van der Waals surface area contributed by atoms with Gasteiger partial charge in [-0.25, -0.2) is 4.98 Å². The van der Waals surface area contributed by atoms with Gasteiger partial charge in [-0.2, -0.15) is 0 Å². The highest BCUT2D eigenvalue weighted by Gasteiger charge is 2.29. The summed E-state index contributed by atoms with van der Waals surface area (Å²) in [5, 5.41) is 6.31. The molecule has 0 spiro atoms. The lowest BCUT2D eigenvalue weighted by molar-refractivity contribution is -0.132. The molecule has 1 atom stereocenters. The third-order valence-electron chi connectivity index (χ3n) is 6.01. The molecule has 34 heavy (non-hydrogen) atoms. The van der Waals surface area contributed by atoms with Crippen molar-refractivity contribution < 1.29 is 9.53 Å². The molecule has 0 radical (unpaired) electrons. The summed E-state index contributed by atoms with van der Waals surface area (Å²) >= 11 is 8.05. The summed E-state index contributed by atoms with van der Waals surface area (Å²) in [4.78, 5) is 23.6. The highest BCUT2D eigenvalue weighted by atomic mass is 35.5. The summed E-state index contributed by atoms with van der Waals surface area (Å²) in [6, 6.07) is 15.6. The average Bonchev–Trinajstić information content (AvgIpc) is 2.86. The zero-order valence-corrected chi connectivity index (χ0v) is 20.4. The summed E-state index contributed by atoms with van der Waals surface area (Å²) in [6.07, 6.45) is 4.97. The predicted octanol–water partition coefficient (Wildman–Crippen LogP) is 5.91. The van der Waals surface area contributed by atoms with Crippen LogP contribution >= 0.6 is 23.4 Å². The number of thioether (sulfide) groups is 1. The number of fused-ring (bicyclic) bond motifs is 2. The molecule has 8 heteroatoms. The Hall–Kier alpha value is -3.03. The van der Waals surface area contributed by atoms with Gasteiger partial charge in [0.1, 0.15) is 11.1 Å². The molecular weight excluding hydrogens is 468 g/mol. The van der Waals surface area contributed by atoms with Gasteiger partial charge in [0.15, 0.2) is 0 Å². The number of halogens is 1. The highest BCUT2D eigenvalue weighted by molar-refractivity contribution is 7.99. The van der Waals surface area contributed by atoms with E-state index in [-0.39, 0.29) is 11.3 Å². The molecule has 0 saturated carbocycles. The Balaban J connectivity index is 1.37. The molecule has 1 fully saturated rings. The van der Waals surface area contributed by atoms with Crippen molar-refractivity contribution in [1.29, 1.82) is 0 Å². The number of methoxy groups -OCH3 is 1. The first-order valence-corrected chi connectivity index (χ1v) is 12.7. The van der Waals surface area contributed by atoms with E-state index < -0.39 is 0 Å². The number of hydrogen-bond donors (Lipinski definition) is 1. The van der Waals surface area contributed by atoms with E-state index in [2.05, 4.69) is 10.3 Å². The van der Waals surface area contributed by atoms with Crippen molar-refractivity contribution in [2.75, 3.05) is 31.3 Å². The molecule has 5 rings (SSSR count). The van der Waals surface area contributed by atoms with Crippen LogP contribution in [0.2, 0.25) is 5.02 Å². The fourth-order valence-corrected chi connectivity index (χ4v) is 5.78. The molecule has 174 valence electrons. The first-order chi connectivity index (χ1) is 16.6. The molecule has 1 amide bonds. The van der Waals surface area contributed by atoms with E-state index in [4.69, 9.17) is 21.3 Å². The Bertz CT molecular complexity index is 1330. The number of aromatic nitrogens is 2. The van der Waals surface area contributed by atoms with Gasteiger partial charge in [-0.1, -0.05) is 11.6 Å². The minimum Gasteiger partial charge on any atom is -0.497 e. The lowest BCUT2D eigenvalue weighted by atomic mass is 10.1. The smallest absolute Gasteiger partial charge is 0.224 e. The Labute approximate surface area is 207 Å². The average molecular weight is 493 g/mol. The molecule has 1 saturated heterocycles. The lowest BCUT2D eigenvalue weighted by Gasteiger charge is -2.35. The number of benzene rings is 2. The Morgan fingerprint density at radius 1 is 1.12 bits per heavy atom. The standard InChI is InChI=1S/C26H25ClN4O2S/c1-33-19-4-6-22-21(16-19)25(20-5-3-18(27)15-23(20)30-22)29-10-2-13-31-24(32)9-14-34-26(31)17-7-11-28-12-8-17/h3-8,11-12,15-16,26H,2,9-10,13-14H2,1H3,(H,29,30). The fraction of sp³-hybridized carbons (Fsp3) is 0.269. The second kappa shape index (κ2) is 10.1. The van der Waals surface area contributed by atoms with Crippen molar-refractivity contribution in [3.05, 3.63) is 71.5 Å².